The Kier molecular flexibility index (Phi) is 4.62. The van der Waals surface area contributed by atoms with Crippen molar-refractivity contribution in [3.63, 3.8) is 0 Å². The van der Waals surface area contributed by atoms with Crippen molar-refractivity contribution >= 4 is 12.2 Å². The summed E-state index contributed by atoms with van der Waals surface area (Å²) in [6, 6.07) is 8.33. The summed E-state index contributed by atoms with van der Waals surface area (Å²) in [6.45, 7) is 9.56. The van der Waals surface area contributed by atoms with Gasteiger partial charge in [0, 0.05) is 24.3 Å². The zero-order chi connectivity index (χ0) is 13.5. The maximum absolute atomic E-state index is 3.76. The van der Waals surface area contributed by atoms with Crippen molar-refractivity contribution in [3.8, 4) is 0 Å². The number of hydrogen-bond acceptors (Lipinski definition) is 0. The molecule has 0 spiro atoms. The van der Waals surface area contributed by atoms with Gasteiger partial charge >= 0.3 is 0 Å². The third kappa shape index (κ3) is 3.88. The number of nitrogens with zero attached hydrogens (tertiary/aromatic N) is 2. The molecule has 0 aliphatic heterocycles. The Balaban J connectivity index is 1.84. The van der Waals surface area contributed by atoms with Gasteiger partial charge in [0.15, 0.2) is 37.9 Å². The molecule has 2 nitrogen and oxygen atoms in total. The van der Waals surface area contributed by atoms with Crippen molar-refractivity contribution < 1.29 is 9.13 Å². The van der Waals surface area contributed by atoms with Gasteiger partial charge in [-0.15, -0.1) is 0 Å². The molecule has 0 saturated heterocycles. The van der Waals surface area contributed by atoms with E-state index in [-0.39, 0.29) is 0 Å². The predicted molar refractivity (Wildman–Crippen MR) is 78.1 cm³/mol. The molecule has 0 atom stereocenters. The summed E-state index contributed by atoms with van der Waals surface area (Å²) in [5.41, 5.74) is 2.32. The summed E-state index contributed by atoms with van der Waals surface area (Å²) >= 11 is 0. The number of rotatable bonds is 6. The molecule has 0 saturated carbocycles. The Morgan fingerprint density at radius 2 is 1.11 bits per heavy atom. The average Bonchev–Trinajstić information content (AvgIpc) is 2.49. The molecule has 0 unspecified atom stereocenters. The lowest BCUT2D eigenvalue weighted by molar-refractivity contribution is -0.726. The molecule has 0 fully saturated rings. The number of aryl methyl sites for hydroxylation is 2. The summed E-state index contributed by atoms with van der Waals surface area (Å²) in [7, 11) is 0. The summed E-state index contributed by atoms with van der Waals surface area (Å²) in [5, 5.41) is 0. The van der Waals surface area contributed by atoms with Gasteiger partial charge in [-0.1, -0.05) is 25.3 Å². The molecule has 2 aromatic rings. The van der Waals surface area contributed by atoms with Crippen LogP contribution in [0.5, 0.6) is 0 Å². The first-order chi connectivity index (χ1) is 9.31. The first kappa shape index (κ1) is 13.2. The molecule has 2 heterocycles. The molecule has 0 aliphatic rings. The summed E-state index contributed by atoms with van der Waals surface area (Å²) in [5.74, 6) is 0. The molecule has 0 bridgehead atoms. The van der Waals surface area contributed by atoms with Gasteiger partial charge in [-0.2, -0.15) is 0 Å². The fourth-order valence-electron chi connectivity index (χ4n) is 1.94. The highest BCUT2D eigenvalue weighted by molar-refractivity contribution is 5.44. The lowest BCUT2D eigenvalue weighted by atomic mass is 10.2. The molecule has 2 rings (SSSR count). The fraction of sp³-hybridized carbons (Fsp3) is 0.176. The zero-order valence-electron chi connectivity index (χ0n) is 11.2. The molecule has 0 N–H and O–H groups in total. The van der Waals surface area contributed by atoms with Gasteiger partial charge in [-0.25, -0.2) is 9.13 Å². The normalized spacial score (nSPS) is 10.1. The topological polar surface area (TPSA) is 7.76 Å². The lowest BCUT2D eigenvalue weighted by Gasteiger charge is -1.97. The maximum atomic E-state index is 3.76. The molecule has 2 aromatic heterocycles. The van der Waals surface area contributed by atoms with Crippen molar-refractivity contribution in [2.75, 3.05) is 0 Å². The van der Waals surface area contributed by atoms with Gasteiger partial charge in [0.1, 0.15) is 0 Å². The van der Waals surface area contributed by atoms with Crippen LogP contribution in [0.25, 0.3) is 12.2 Å². The molecule has 96 valence electrons. The van der Waals surface area contributed by atoms with E-state index in [4.69, 9.17) is 0 Å². The molecule has 0 amide bonds. The largest absolute Gasteiger partial charge is 0.205 e. The Hall–Kier alpha value is -2.22. The van der Waals surface area contributed by atoms with E-state index in [1.807, 2.05) is 12.2 Å². The van der Waals surface area contributed by atoms with Crippen LogP contribution in [0, 0.1) is 0 Å². The highest BCUT2D eigenvalue weighted by atomic mass is 15.0. The van der Waals surface area contributed by atoms with Crippen LogP contribution in [-0.2, 0) is 13.1 Å². The summed E-state index contributed by atoms with van der Waals surface area (Å²) < 4.78 is 4.40. The molecule has 2 heteroatoms. The Labute approximate surface area is 115 Å². The fourth-order valence-corrected chi connectivity index (χ4v) is 1.94. The highest BCUT2D eigenvalue weighted by Gasteiger charge is 2.04. The van der Waals surface area contributed by atoms with Crippen molar-refractivity contribution in [1.29, 1.82) is 0 Å². The minimum Gasteiger partial charge on any atom is -0.205 e. The van der Waals surface area contributed by atoms with Crippen LogP contribution in [0.1, 0.15) is 17.5 Å². The SMILES string of the molecule is C=Cc1cc[n+](CCC[n+]2ccc(C=C)cc2)cc1. The number of pyridine rings is 2. The monoisotopic (exact) mass is 252 g/mol. The summed E-state index contributed by atoms with van der Waals surface area (Å²) in [4.78, 5) is 0. The molecule has 0 aromatic carbocycles. The first-order valence-electron chi connectivity index (χ1n) is 6.55. The second-order valence-corrected chi connectivity index (χ2v) is 4.50. The first-order valence-corrected chi connectivity index (χ1v) is 6.55. The van der Waals surface area contributed by atoms with Gasteiger partial charge < -0.3 is 0 Å². The van der Waals surface area contributed by atoms with E-state index in [2.05, 4.69) is 71.3 Å². The minimum atomic E-state index is 1.02. The molecule has 0 radical (unpaired) electrons. The predicted octanol–water partition coefficient (Wildman–Crippen LogP) is 2.64. The number of hydrogen-bond donors (Lipinski definition) is 0. The molecule has 0 aliphatic carbocycles. The van der Waals surface area contributed by atoms with Crippen molar-refractivity contribution in [2.24, 2.45) is 0 Å². The van der Waals surface area contributed by atoms with E-state index in [1.54, 1.807) is 0 Å². The van der Waals surface area contributed by atoms with E-state index in [0.29, 0.717) is 0 Å². The quantitative estimate of drug-likeness (QED) is 0.698. The van der Waals surface area contributed by atoms with Crippen LogP contribution in [0.3, 0.4) is 0 Å². The van der Waals surface area contributed by atoms with Crippen LogP contribution in [-0.4, -0.2) is 0 Å². The van der Waals surface area contributed by atoms with Gasteiger partial charge in [0.25, 0.3) is 0 Å². The van der Waals surface area contributed by atoms with Crippen LogP contribution in [0.15, 0.2) is 62.2 Å². The Bertz CT molecular complexity index is 487. The van der Waals surface area contributed by atoms with E-state index in [1.165, 1.54) is 0 Å². The number of aromatic nitrogens is 2. The average molecular weight is 252 g/mol. The van der Waals surface area contributed by atoms with Crippen molar-refractivity contribution in [2.45, 2.75) is 19.5 Å². The standard InChI is InChI=1S/C17H20N2/c1-3-16-6-12-18(13-7-16)10-5-11-19-14-8-17(4-2)9-15-19/h3-4,6-9,12-15H,1-2,5,10-11H2/q+2. The van der Waals surface area contributed by atoms with Gasteiger partial charge in [0.2, 0.25) is 0 Å². The smallest absolute Gasteiger partial charge is 0.169 e. The lowest BCUT2D eigenvalue weighted by Crippen LogP contribution is -2.38. The highest BCUT2D eigenvalue weighted by Crippen LogP contribution is 1.97. The molecular formula is C17H20N2+2. The minimum absolute atomic E-state index is 1.02. The van der Waals surface area contributed by atoms with E-state index in [9.17, 15) is 0 Å². The van der Waals surface area contributed by atoms with E-state index < -0.39 is 0 Å². The van der Waals surface area contributed by atoms with Crippen LogP contribution in [0.2, 0.25) is 0 Å². The summed E-state index contributed by atoms with van der Waals surface area (Å²) in [6.07, 6.45) is 13.2. The van der Waals surface area contributed by atoms with Gasteiger partial charge in [-0.05, 0) is 11.1 Å². The zero-order valence-corrected chi connectivity index (χ0v) is 11.2. The van der Waals surface area contributed by atoms with Crippen molar-refractivity contribution in [1.82, 2.24) is 0 Å². The van der Waals surface area contributed by atoms with Gasteiger partial charge in [0.05, 0.1) is 6.42 Å². The molecular weight excluding hydrogens is 232 g/mol. The van der Waals surface area contributed by atoms with Gasteiger partial charge in [-0.3, -0.25) is 0 Å². The second kappa shape index (κ2) is 6.64. The second-order valence-electron chi connectivity index (χ2n) is 4.50. The van der Waals surface area contributed by atoms with Crippen LogP contribution < -0.4 is 9.13 Å². The van der Waals surface area contributed by atoms with Crippen molar-refractivity contribution in [3.05, 3.63) is 73.3 Å². The van der Waals surface area contributed by atoms with Crippen LogP contribution in [0.4, 0.5) is 0 Å². The Morgan fingerprint density at radius 3 is 1.42 bits per heavy atom. The molecule has 19 heavy (non-hydrogen) atoms. The maximum Gasteiger partial charge on any atom is 0.169 e. The third-order valence-corrected chi connectivity index (χ3v) is 3.14. The van der Waals surface area contributed by atoms with E-state index >= 15 is 0 Å². The third-order valence-electron chi connectivity index (χ3n) is 3.14. The Morgan fingerprint density at radius 1 is 0.737 bits per heavy atom. The van der Waals surface area contributed by atoms with E-state index in [0.717, 1.165) is 30.6 Å². The van der Waals surface area contributed by atoms with Crippen LogP contribution >= 0.6 is 0 Å².